The second-order valence-electron chi connectivity index (χ2n) is 8.84. The number of nitriles is 2. The van der Waals surface area contributed by atoms with Gasteiger partial charge in [-0.1, -0.05) is 48.5 Å². The molecule has 0 aliphatic heterocycles. The van der Waals surface area contributed by atoms with E-state index in [-0.39, 0.29) is 0 Å². The molecule has 0 bridgehead atoms. The van der Waals surface area contributed by atoms with Gasteiger partial charge in [-0.15, -0.1) is 0 Å². The van der Waals surface area contributed by atoms with Crippen LogP contribution in [0.2, 0.25) is 0 Å². The Balaban J connectivity index is 1.73. The van der Waals surface area contributed by atoms with Crippen LogP contribution in [0.4, 0.5) is 0 Å². The zero-order valence-electron chi connectivity index (χ0n) is 20.3. The lowest BCUT2D eigenvalue weighted by Gasteiger charge is -2.14. The average Bonchev–Trinajstić information content (AvgIpc) is 3.25. The van der Waals surface area contributed by atoms with E-state index in [9.17, 15) is 10.5 Å². The van der Waals surface area contributed by atoms with Gasteiger partial charge in [-0.3, -0.25) is 0 Å². The zero-order valence-corrected chi connectivity index (χ0v) is 20.3. The van der Waals surface area contributed by atoms with Crippen LogP contribution in [-0.4, -0.2) is 19.5 Å². The molecule has 0 N–H and O–H groups in total. The maximum absolute atomic E-state index is 9.76. The molecule has 0 atom stereocenters. The molecule has 0 aliphatic rings. The maximum atomic E-state index is 9.76. The van der Waals surface area contributed by atoms with E-state index >= 15 is 0 Å². The van der Waals surface area contributed by atoms with Gasteiger partial charge in [0.2, 0.25) is 0 Å². The van der Waals surface area contributed by atoms with Crippen LogP contribution < -0.4 is 0 Å². The normalized spacial score (nSPS) is 10.9. The van der Waals surface area contributed by atoms with Crippen molar-refractivity contribution < 1.29 is 0 Å². The van der Waals surface area contributed by atoms with Crippen LogP contribution in [0, 0.1) is 36.5 Å². The van der Waals surface area contributed by atoms with E-state index < -0.39 is 0 Å². The average molecular weight is 477 g/mol. The molecule has 0 saturated carbocycles. The number of nitrogens with zero attached hydrogens (tertiary/aromatic N) is 6. The second kappa shape index (κ2) is 8.71. The summed E-state index contributed by atoms with van der Waals surface area (Å²) in [6.07, 6.45) is 0. The molecule has 0 amide bonds. The first-order chi connectivity index (χ1) is 18.1. The van der Waals surface area contributed by atoms with E-state index in [2.05, 4.69) is 62.0 Å². The van der Waals surface area contributed by atoms with E-state index in [1.807, 2.05) is 62.4 Å². The molecule has 174 valence electrons. The molecule has 2 heterocycles. The van der Waals surface area contributed by atoms with Gasteiger partial charge in [-0.05, 0) is 61.4 Å². The lowest BCUT2D eigenvalue weighted by atomic mass is 9.99. The van der Waals surface area contributed by atoms with Crippen molar-refractivity contribution in [2.24, 2.45) is 0 Å². The quantitative estimate of drug-likeness (QED) is 0.285. The molecule has 0 radical (unpaired) electrons. The summed E-state index contributed by atoms with van der Waals surface area (Å²) in [6.45, 7) is 3.70. The van der Waals surface area contributed by atoms with Crippen LogP contribution in [0.15, 0.2) is 84.9 Å². The Kier molecular flexibility index (Phi) is 5.22. The van der Waals surface area contributed by atoms with Crippen LogP contribution in [0.1, 0.15) is 22.8 Å². The summed E-state index contributed by atoms with van der Waals surface area (Å²) < 4.78 is 2.16. The van der Waals surface area contributed by atoms with Crippen molar-refractivity contribution in [2.45, 2.75) is 13.8 Å². The minimum absolute atomic E-state index is 0.540. The Bertz CT molecular complexity index is 1910. The predicted octanol–water partition coefficient (Wildman–Crippen LogP) is 6.66. The number of hydrogen-bond donors (Lipinski definition) is 0. The fourth-order valence-electron chi connectivity index (χ4n) is 4.94. The molecule has 2 aromatic heterocycles. The first kappa shape index (κ1) is 22.2. The van der Waals surface area contributed by atoms with Gasteiger partial charge in [0, 0.05) is 16.3 Å². The van der Waals surface area contributed by atoms with E-state index in [0.717, 1.165) is 44.2 Å². The van der Waals surface area contributed by atoms with Crippen molar-refractivity contribution >= 4 is 21.8 Å². The van der Waals surface area contributed by atoms with Gasteiger partial charge in [0.25, 0.3) is 0 Å². The van der Waals surface area contributed by atoms with Crippen LogP contribution >= 0.6 is 0 Å². The SMILES string of the molecule is Cc1nc(C)nc(-c2ccc(C#N)cc2-n2c3ccccc3c3ccc(-c4ccccc4C#N)cc32)n1. The smallest absolute Gasteiger partial charge is 0.165 e. The van der Waals surface area contributed by atoms with Gasteiger partial charge in [0.05, 0.1) is 40.0 Å². The summed E-state index contributed by atoms with van der Waals surface area (Å²) in [4.78, 5) is 13.6. The first-order valence-electron chi connectivity index (χ1n) is 11.8. The van der Waals surface area contributed by atoms with Gasteiger partial charge in [0.15, 0.2) is 5.82 Å². The van der Waals surface area contributed by atoms with Crippen molar-refractivity contribution in [3.05, 3.63) is 108 Å². The van der Waals surface area contributed by atoms with Gasteiger partial charge < -0.3 is 4.57 Å². The van der Waals surface area contributed by atoms with Gasteiger partial charge in [-0.25, -0.2) is 15.0 Å². The fraction of sp³-hybridized carbons (Fsp3) is 0.0645. The Morgan fingerprint density at radius 3 is 2.16 bits per heavy atom. The number of hydrogen-bond acceptors (Lipinski definition) is 5. The summed E-state index contributed by atoms with van der Waals surface area (Å²) in [7, 11) is 0. The van der Waals surface area contributed by atoms with Crippen molar-refractivity contribution in [3.63, 3.8) is 0 Å². The molecule has 6 aromatic rings. The molecule has 0 aliphatic carbocycles. The van der Waals surface area contributed by atoms with Crippen molar-refractivity contribution in [3.8, 4) is 40.3 Å². The topological polar surface area (TPSA) is 91.2 Å². The van der Waals surface area contributed by atoms with Crippen molar-refractivity contribution in [1.29, 1.82) is 10.5 Å². The van der Waals surface area contributed by atoms with E-state index in [1.54, 1.807) is 6.07 Å². The third-order valence-electron chi connectivity index (χ3n) is 6.50. The molecule has 0 saturated heterocycles. The minimum Gasteiger partial charge on any atom is -0.308 e. The van der Waals surface area contributed by atoms with E-state index in [0.29, 0.717) is 28.6 Å². The molecular weight excluding hydrogens is 456 g/mol. The lowest BCUT2D eigenvalue weighted by molar-refractivity contribution is 0.926. The largest absolute Gasteiger partial charge is 0.308 e. The third-order valence-corrected chi connectivity index (χ3v) is 6.50. The molecule has 0 unspecified atom stereocenters. The number of fused-ring (bicyclic) bond motifs is 3. The summed E-state index contributed by atoms with van der Waals surface area (Å²) in [5, 5.41) is 21.6. The number of para-hydroxylation sites is 1. The van der Waals surface area contributed by atoms with E-state index in [1.165, 1.54) is 0 Å². The highest BCUT2D eigenvalue weighted by Crippen LogP contribution is 2.38. The zero-order chi connectivity index (χ0) is 25.5. The number of aromatic nitrogens is 4. The Hall–Kier alpha value is -5.33. The third kappa shape index (κ3) is 3.69. The standard InChI is InChI=1S/C31H20N6/c1-19-34-20(2)36-31(35-19)27-13-11-21(17-32)15-29(27)37-28-10-6-5-9-25(28)26-14-12-22(16-30(26)37)24-8-4-3-7-23(24)18-33/h3-16H,1-2H3. The molecule has 6 heteroatoms. The molecule has 37 heavy (non-hydrogen) atoms. The number of benzene rings is 4. The fourth-order valence-corrected chi connectivity index (χ4v) is 4.94. The molecule has 0 spiro atoms. The lowest BCUT2D eigenvalue weighted by Crippen LogP contribution is -2.03. The summed E-state index contributed by atoms with van der Waals surface area (Å²) in [5.41, 5.74) is 6.55. The summed E-state index contributed by atoms with van der Waals surface area (Å²) >= 11 is 0. The van der Waals surface area contributed by atoms with Crippen molar-refractivity contribution in [2.75, 3.05) is 0 Å². The first-order valence-corrected chi connectivity index (χ1v) is 11.8. The molecule has 6 rings (SSSR count). The van der Waals surface area contributed by atoms with Crippen LogP contribution in [0.5, 0.6) is 0 Å². The molecular formula is C31H20N6. The Morgan fingerprint density at radius 2 is 1.38 bits per heavy atom. The van der Waals surface area contributed by atoms with Gasteiger partial charge >= 0.3 is 0 Å². The molecule has 4 aromatic carbocycles. The highest BCUT2D eigenvalue weighted by Gasteiger charge is 2.19. The number of rotatable bonds is 3. The Labute approximate surface area is 213 Å². The second-order valence-corrected chi connectivity index (χ2v) is 8.84. The summed E-state index contributed by atoms with van der Waals surface area (Å²) in [6, 6.07) is 32.2. The van der Waals surface area contributed by atoms with Crippen LogP contribution in [0.3, 0.4) is 0 Å². The monoisotopic (exact) mass is 476 g/mol. The highest BCUT2D eigenvalue weighted by atomic mass is 15.0. The predicted molar refractivity (Wildman–Crippen MR) is 144 cm³/mol. The molecule has 6 nitrogen and oxygen atoms in total. The van der Waals surface area contributed by atoms with Crippen LogP contribution in [-0.2, 0) is 0 Å². The minimum atomic E-state index is 0.540. The van der Waals surface area contributed by atoms with Crippen molar-refractivity contribution in [1.82, 2.24) is 19.5 Å². The highest BCUT2D eigenvalue weighted by molar-refractivity contribution is 6.10. The Morgan fingerprint density at radius 1 is 0.649 bits per heavy atom. The van der Waals surface area contributed by atoms with Gasteiger partial charge in [-0.2, -0.15) is 10.5 Å². The number of aryl methyl sites for hydroxylation is 2. The maximum Gasteiger partial charge on any atom is 0.165 e. The van der Waals surface area contributed by atoms with E-state index in [4.69, 9.17) is 0 Å². The van der Waals surface area contributed by atoms with Gasteiger partial charge in [0.1, 0.15) is 11.6 Å². The van der Waals surface area contributed by atoms with Crippen LogP contribution in [0.25, 0.3) is 50.0 Å². The summed E-state index contributed by atoms with van der Waals surface area (Å²) in [5.74, 6) is 1.83. The molecule has 0 fully saturated rings.